The quantitative estimate of drug-likeness (QED) is 0.241. The number of benzene rings is 3. The standard InChI is InChI=1S/C30H32N2O6/c1-30(28(33)17-32-31)37-26(21-34-18-23-11-5-2-6-12-23)29(36-20-25-15-9-4-10-16-25)27(38-30)22-35-19-24-13-7-3-8-14-24/h2-17,26-27,29H,18-22H2,1H3/p+1/b28-17-/t26-,27+,29?,30?. The summed E-state index contributed by atoms with van der Waals surface area (Å²) in [5.74, 6) is -1.98. The van der Waals surface area contributed by atoms with Crippen LogP contribution in [0.5, 0.6) is 0 Å². The molecule has 0 bridgehead atoms. The van der Waals surface area contributed by atoms with Crippen LogP contribution in [0, 0.1) is 5.39 Å². The zero-order valence-electron chi connectivity index (χ0n) is 21.4. The lowest BCUT2D eigenvalue weighted by Crippen LogP contribution is -2.59. The average Bonchev–Trinajstić information content (AvgIpc) is 2.94. The van der Waals surface area contributed by atoms with E-state index in [1.807, 2.05) is 91.0 Å². The smallest absolute Gasteiger partial charge is 0.393 e. The number of rotatable bonds is 12. The Balaban J connectivity index is 1.53. The summed E-state index contributed by atoms with van der Waals surface area (Å²) >= 11 is 0. The molecule has 8 heteroatoms. The highest BCUT2D eigenvalue weighted by molar-refractivity contribution is 5.15. The third-order valence-corrected chi connectivity index (χ3v) is 6.20. The molecule has 1 aliphatic heterocycles. The molecule has 198 valence electrons. The first-order valence-electron chi connectivity index (χ1n) is 12.6. The van der Waals surface area contributed by atoms with Crippen LogP contribution in [0.4, 0.5) is 0 Å². The topological polar surface area (TPSA) is 94.5 Å². The summed E-state index contributed by atoms with van der Waals surface area (Å²) < 4.78 is 30.8. The van der Waals surface area contributed by atoms with Crippen LogP contribution in [0.1, 0.15) is 23.6 Å². The number of hydrogen-bond donors (Lipinski definition) is 1. The summed E-state index contributed by atoms with van der Waals surface area (Å²) in [5.41, 5.74) is 3.04. The zero-order valence-corrected chi connectivity index (χ0v) is 21.4. The Bertz CT molecular complexity index is 1130. The molecule has 3 aromatic rings. The van der Waals surface area contributed by atoms with Gasteiger partial charge in [-0.2, -0.15) is 0 Å². The lowest BCUT2D eigenvalue weighted by Gasteiger charge is -2.45. The lowest BCUT2D eigenvalue weighted by atomic mass is 10.0. The molecule has 0 spiro atoms. The summed E-state index contributed by atoms with van der Waals surface area (Å²) in [5, 5.41) is 19.6. The molecular formula is C30H33N2O6+. The first-order chi connectivity index (χ1) is 18.6. The van der Waals surface area contributed by atoms with Crippen molar-refractivity contribution in [1.29, 1.82) is 5.39 Å². The molecule has 4 rings (SSSR count). The third-order valence-electron chi connectivity index (χ3n) is 6.20. The molecule has 1 aliphatic rings. The van der Waals surface area contributed by atoms with E-state index in [-0.39, 0.29) is 19.0 Å². The molecule has 3 aromatic carbocycles. The van der Waals surface area contributed by atoms with Gasteiger partial charge in [-0.3, -0.25) is 0 Å². The first-order valence-corrected chi connectivity index (χ1v) is 12.6. The van der Waals surface area contributed by atoms with Crippen LogP contribution in [0.25, 0.3) is 4.98 Å². The number of diazo groups is 1. The number of nitrogens with zero attached hydrogens (tertiary/aromatic N) is 2. The Morgan fingerprint density at radius 1 is 0.789 bits per heavy atom. The van der Waals surface area contributed by atoms with Crippen LogP contribution in [-0.2, 0) is 43.5 Å². The molecule has 2 unspecified atom stereocenters. The van der Waals surface area contributed by atoms with Gasteiger partial charge in [-0.25, -0.2) is 0 Å². The van der Waals surface area contributed by atoms with Crippen LogP contribution < -0.4 is 0 Å². The van der Waals surface area contributed by atoms with E-state index in [1.165, 1.54) is 0 Å². The Morgan fingerprint density at radius 3 is 1.63 bits per heavy atom. The van der Waals surface area contributed by atoms with Crippen LogP contribution >= 0.6 is 0 Å². The van der Waals surface area contributed by atoms with Crippen molar-refractivity contribution in [2.75, 3.05) is 13.2 Å². The molecule has 0 radical (unpaired) electrons. The Kier molecular flexibility index (Phi) is 9.98. The number of aliphatic hydroxyl groups is 1. The molecule has 0 aliphatic carbocycles. The predicted molar refractivity (Wildman–Crippen MR) is 141 cm³/mol. The highest BCUT2D eigenvalue weighted by Crippen LogP contribution is 2.35. The summed E-state index contributed by atoms with van der Waals surface area (Å²) in [4.78, 5) is 2.94. The minimum Gasteiger partial charge on any atom is -0.502 e. The van der Waals surface area contributed by atoms with E-state index in [1.54, 1.807) is 6.92 Å². The summed E-state index contributed by atoms with van der Waals surface area (Å²) in [6.45, 7) is 3.00. The van der Waals surface area contributed by atoms with Crippen LogP contribution in [0.2, 0.25) is 0 Å². The van der Waals surface area contributed by atoms with Gasteiger partial charge in [0.1, 0.15) is 18.3 Å². The summed E-state index contributed by atoms with van der Waals surface area (Å²) in [7, 11) is 0. The Hall–Kier alpha value is -3.58. The van der Waals surface area contributed by atoms with Gasteiger partial charge in [0.15, 0.2) is 4.98 Å². The van der Waals surface area contributed by atoms with E-state index < -0.39 is 24.1 Å². The second kappa shape index (κ2) is 13.8. The molecule has 4 atom stereocenters. The molecular weight excluding hydrogens is 484 g/mol. The molecule has 0 aromatic heterocycles. The molecule has 1 saturated heterocycles. The van der Waals surface area contributed by atoms with Crippen LogP contribution in [0.15, 0.2) is 103 Å². The van der Waals surface area contributed by atoms with Crippen molar-refractivity contribution in [3.05, 3.63) is 125 Å². The normalized spacial score (nSPS) is 23.6. The monoisotopic (exact) mass is 517 g/mol. The van der Waals surface area contributed by atoms with Crippen LogP contribution in [0.3, 0.4) is 0 Å². The lowest BCUT2D eigenvalue weighted by molar-refractivity contribution is -0.350. The maximum atomic E-state index is 10.6. The van der Waals surface area contributed by atoms with Crippen molar-refractivity contribution in [2.45, 2.75) is 50.8 Å². The van der Waals surface area contributed by atoms with Gasteiger partial charge in [0, 0.05) is 0 Å². The maximum absolute atomic E-state index is 10.6. The molecule has 1 fully saturated rings. The summed E-state index contributed by atoms with van der Waals surface area (Å²) in [6, 6.07) is 29.4. The first kappa shape index (κ1) is 27.5. The third kappa shape index (κ3) is 7.71. The maximum Gasteiger partial charge on any atom is 0.393 e. The molecule has 0 amide bonds. The van der Waals surface area contributed by atoms with Crippen molar-refractivity contribution in [2.24, 2.45) is 0 Å². The van der Waals surface area contributed by atoms with Crippen LogP contribution in [-0.4, -0.2) is 42.4 Å². The average molecular weight is 518 g/mol. The highest BCUT2D eigenvalue weighted by atomic mass is 16.8. The van der Waals surface area contributed by atoms with E-state index >= 15 is 0 Å². The minimum absolute atomic E-state index is 0.173. The largest absolute Gasteiger partial charge is 0.502 e. The van der Waals surface area contributed by atoms with Gasteiger partial charge >= 0.3 is 6.20 Å². The second-order valence-corrected chi connectivity index (χ2v) is 9.15. The summed E-state index contributed by atoms with van der Waals surface area (Å²) in [6.07, 6.45) is -0.940. The van der Waals surface area contributed by atoms with Crippen molar-refractivity contribution in [3.8, 4) is 0 Å². The van der Waals surface area contributed by atoms with E-state index in [0.29, 0.717) is 19.8 Å². The van der Waals surface area contributed by atoms with Gasteiger partial charge in [0.25, 0.3) is 0 Å². The van der Waals surface area contributed by atoms with Gasteiger partial charge in [-0.05, 0) is 23.6 Å². The highest BCUT2D eigenvalue weighted by Gasteiger charge is 2.50. The minimum atomic E-state index is -1.60. The molecule has 1 heterocycles. The fourth-order valence-electron chi connectivity index (χ4n) is 4.25. The van der Waals surface area contributed by atoms with E-state index in [2.05, 4.69) is 4.98 Å². The second-order valence-electron chi connectivity index (χ2n) is 9.15. The number of aliphatic hydroxyl groups excluding tert-OH is 1. The molecule has 8 nitrogen and oxygen atoms in total. The van der Waals surface area contributed by atoms with Gasteiger partial charge in [-0.1, -0.05) is 91.0 Å². The zero-order chi connectivity index (χ0) is 26.6. The number of hydrogen-bond acceptors (Lipinski definition) is 7. The van der Waals surface area contributed by atoms with Crippen molar-refractivity contribution >= 4 is 0 Å². The van der Waals surface area contributed by atoms with Gasteiger partial charge in [0.05, 0.1) is 33.0 Å². The van der Waals surface area contributed by atoms with Gasteiger partial charge < -0.3 is 28.8 Å². The Morgan fingerprint density at radius 2 is 1.21 bits per heavy atom. The number of ether oxygens (including phenoxy) is 5. The SMILES string of the molecule is CC1(/C(O)=C/[N+]#N)O[C@@H](COCc2ccccc2)C(OCc2ccccc2)[C@@H](COCc2ccccc2)O1. The van der Waals surface area contributed by atoms with E-state index in [4.69, 9.17) is 29.1 Å². The van der Waals surface area contributed by atoms with Gasteiger partial charge in [0.2, 0.25) is 16.9 Å². The van der Waals surface area contributed by atoms with Gasteiger partial charge in [-0.15, -0.1) is 0 Å². The Labute approximate surface area is 223 Å². The molecule has 1 N–H and O–H groups in total. The van der Waals surface area contributed by atoms with E-state index in [0.717, 1.165) is 22.9 Å². The van der Waals surface area contributed by atoms with Crippen molar-refractivity contribution in [3.63, 3.8) is 0 Å². The molecule has 0 saturated carbocycles. The van der Waals surface area contributed by atoms with Crippen molar-refractivity contribution < 1.29 is 28.8 Å². The molecule has 38 heavy (non-hydrogen) atoms. The fraction of sp³-hybridized carbons (Fsp3) is 0.333. The van der Waals surface area contributed by atoms with Crippen molar-refractivity contribution in [1.82, 2.24) is 0 Å². The van der Waals surface area contributed by atoms with E-state index in [9.17, 15) is 5.11 Å². The fourth-order valence-corrected chi connectivity index (χ4v) is 4.25. The predicted octanol–water partition coefficient (Wildman–Crippen LogP) is 5.76.